The summed E-state index contributed by atoms with van der Waals surface area (Å²) in [6, 6.07) is 3.97. The SMILES string of the molecule is Nc1nc(N)nc(-c2cc(Cl)cc([N+](=O)[O-])c2)n1. The third kappa shape index (κ3) is 2.43. The zero-order valence-corrected chi connectivity index (χ0v) is 9.63. The Labute approximate surface area is 106 Å². The van der Waals surface area contributed by atoms with Crippen LogP contribution in [-0.4, -0.2) is 19.9 Å². The Morgan fingerprint density at radius 1 is 1.11 bits per heavy atom. The molecule has 18 heavy (non-hydrogen) atoms. The number of anilines is 2. The van der Waals surface area contributed by atoms with Crippen LogP contribution in [0.5, 0.6) is 0 Å². The van der Waals surface area contributed by atoms with Crippen LogP contribution < -0.4 is 11.5 Å². The van der Waals surface area contributed by atoms with Crippen molar-refractivity contribution in [2.75, 3.05) is 11.5 Å². The largest absolute Gasteiger partial charge is 0.368 e. The Hall–Kier alpha value is -2.48. The molecule has 0 atom stereocenters. The third-order valence-corrected chi connectivity index (χ3v) is 2.24. The Balaban J connectivity index is 2.59. The number of non-ortho nitro benzene ring substituents is 1. The predicted molar refractivity (Wildman–Crippen MR) is 65.8 cm³/mol. The Bertz CT molecular complexity index is 612. The van der Waals surface area contributed by atoms with Crippen molar-refractivity contribution in [2.24, 2.45) is 0 Å². The highest BCUT2D eigenvalue weighted by Gasteiger charge is 2.13. The molecule has 0 bridgehead atoms. The summed E-state index contributed by atoms with van der Waals surface area (Å²) in [4.78, 5) is 21.4. The number of hydrogen-bond acceptors (Lipinski definition) is 7. The number of nitrogen functional groups attached to an aromatic ring is 2. The Morgan fingerprint density at radius 3 is 2.28 bits per heavy atom. The molecule has 0 saturated carbocycles. The van der Waals surface area contributed by atoms with Crippen molar-refractivity contribution >= 4 is 29.2 Å². The fourth-order valence-electron chi connectivity index (χ4n) is 1.35. The zero-order chi connectivity index (χ0) is 13.3. The summed E-state index contributed by atoms with van der Waals surface area (Å²) < 4.78 is 0. The first-order chi connectivity index (χ1) is 8.45. The van der Waals surface area contributed by atoms with Crippen molar-refractivity contribution in [3.63, 3.8) is 0 Å². The predicted octanol–water partition coefficient (Wildman–Crippen LogP) is 1.26. The molecule has 0 aliphatic carbocycles. The van der Waals surface area contributed by atoms with Crippen LogP contribution in [0, 0.1) is 10.1 Å². The first kappa shape index (κ1) is 12.0. The molecule has 9 heteroatoms. The van der Waals surface area contributed by atoms with Gasteiger partial charge >= 0.3 is 0 Å². The van der Waals surface area contributed by atoms with E-state index in [9.17, 15) is 10.1 Å². The molecule has 0 saturated heterocycles. The molecule has 0 aliphatic rings. The van der Waals surface area contributed by atoms with Crippen LogP contribution in [-0.2, 0) is 0 Å². The lowest BCUT2D eigenvalue weighted by molar-refractivity contribution is -0.384. The number of benzene rings is 1. The van der Waals surface area contributed by atoms with E-state index in [4.69, 9.17) is 23.1 Å². The molecule has 0 radical (unpaired) electrons. The van der Waals surface area contributed by atoms with Crippen molar-refractivity contribution < 1.29 is 4.92 Å². The van der Waals surface area contributed by atoms with E-state index in [2.05, 4.69) is 15.0 Å². The van der Waals surface area contributed by atoms with Crippen molar-refractivity contribution in [3.05, 3.63) is 33.3 Å². The van der Waals surface area contributed by atoms with Gasteiger partial charge in [0.2, 0.25) is 11.9 Å². The number of nitrogens with zero attached hydrogens (tertiary/aromatic N) is 4. The van der Waals surface area contributed by atoms with Gasteiger partial charge in [0.25, 0.3) is 5.69 Å². The van der Waals surface area contributed by atoms with E-state index >= 15 is 0 Å². The molecule has 0 fully saturated rings. The second-order valence-electron chi connectivity index (χ2n) is 3.33. The Morgan fingerprint density at radius 2 is 1.72 bits per heavy atom. The number of halogens is 1. The number of hydrogen-bond donors (Lipinski definition) is 2. The molecule has 4 N–H and O–H groups in total. The summed E-state index contributed by atoms with van der Waals surface area (Å²) in [7, 11) is 0. The first-order valence-electron chi connectivity index (χ1n) is 4.68. The van der Waals surface area contributed by atoms with Gasteiger partial charge in [0.05, 0.1) is 4.92 Å². The maximum absolute atomic E-state index is 10.7. The highest BCUT2D eigenvalue weighted by molar-refractivity contribution is 6.31. The lowest BCUT2D eigenvalue weighted by atomic mass is 10.2. The normalized spacial score (nSPS) is 10.3. The van der Waals surface area contributed by atoms with Gasteiger partial charge in [0.1, 0.15) is 0 Å². The van der Waals surface area contributed by atoms with Crippen molar-refractivity contribution in [1.82, 2.24) is 15.0 Å². The van der Waals surface area contributed by atoms with Crippen molar-refractivity contribution in [3.8, 4) is 11.4 Å². The second kappa shape index (κ2) is 4.41. The number of nitro benzene ring substituents is 1. The summed E-state index contributed by atoms with van der Waals surface area (Å²) in [6.07, 6.45) is 0. The van der Waals surface area contributed by atoms with E-state index in [-0.39, 0.29) is 28.4 Å². The molecular weight excluding hydrogens is 260 g/mol. The molecule has 1 aromatic carbocycles. The van der Waals surface area contributed by atoms with Crippen LogP contribution in [0.2, 0.25) is 5.02 Å². The molecular formula is C9H7ClN6O2. The fraction of sp³-hybridized carbons (Fsp3) is 0. The van der Waals surface area contributed by atoms with Gasteiger partial charge in [0.15, 0.2) is 5.82 Å². The van der Waals surface area contributed by atoms with Gasteiger partial charge in [-0.25, -0.2) is 0 Å². The fourth-order valence-corrected chi connectivity index (χ4v) is 1.58. The molecule has 0 aliphatic heterocycles. The van der Waals surface area contributed by atoms with Crippen LogP contribution in [0.1, 0.15) is 0 Å². The van der Waals surface area contributed by atoms with E-state index in [1.54, 1.807) is 0 Å². The lowest BCUT2D eigenvalue weighted by Crippen LogP contribution is -2.04. The van der Waals surface area contributed by atoms with E-state index in [1.807, 2.05) is 0 Å². The van der Waals surface area contributed by atoms with E-state index < -0.39 is 4.92 Å². The molecule has 8 nitrogen and oxygen atoms in total. The topological polar surface area (TPSA) is 134 Å². The second-order valence-corrected chi connectivity index (χ2v) is 3.77. The summed E-state index contributed by atoms with van der Waals surface area (Å²) in [5.74, 6) is -0.00847. The van der Waals surface area contributed by atoms with Gasteiger partial charge in [0, 0.05) is 22.7 Å². The minimum Gasteiger partial charge on any atom is -0.368 e. The summed E-state index contributed by atoms with van der Waals surface area (Å²) >= 11 is 5.79. The summed E-state index contributed by atoms with van der Waals surface area (Å²) in [5.41, 5.74) is 11.0. The molecule has 1 aromatic heterocycles. The van der Waals surface area contributed by atoms with Crippen LogP contribution in [0.15, 0.2) is 18.2 Å². The minimum atomic E-state index is -0.566. The van der Waals surface area contributed by atoms with E-state index in [0.29, 0.717) is 5.56 Å². The summed E-state index contributed by atoms with van der Waals surface area (Å²) in [5, 5.41) is 10.9. The number of aromatic nitrogens is 3. The molecule has 1 heterocycles. The molecule has 2 rings (SSSR count). The van der Waals surface area contributed by atoms with Crippen LogP contribution >= 0.6 is 11.6 Å². The number of nitro groups is 1. The smallest absolute Gasteiger partial charge is 0.271 e. The standard InChI is InChI=1S/C9H7ClN6O2/c10-5-1-4(2-6(3-5)16(17)18)7-13-8(11)15-9(12)14-7/h1-3H,(H4,11,12,13,14,15). The highest BCUT2D eigenvalue weighted by atomic mass is 35.5. The van der Waals surface area contributed by atoms with Gasteiger partial charge in [-0.3, -0.25) is 10.1 Å². The molecule has 0 unspecified atom stereocenters. The van der Waals surface area contributed by atoms with Gasteiger partial charge < -0.3 is 11.5 Å². The monoisotopic (exact) mass is 266 g/mol. The van der Waals surface area contributed by atoms with Gasteiger partial charge in [-0.2, -0.15) is 15.0 Å². The van der Waals surface area contributed by atoms with Gasteiger partial charge in [-0.05, 0) is 6.07 Å². The minimum absolute atomic E-state index is 0.0693. The first-order valence-corrected chi connectivity index (χ1v) is 5.06. The van der Waals surface area contributed by atoms with Crippen LogP contribution in [0.4, 0.5) is 17.6 Å². The molecule has 0 spiro atoms. The maximum Gasteiger partial charge on any atom is 0.271 e. The van der Waals surface area contributed by atoms with Crippen LogP contribution in [0.25, 0.3) is 11.4 Å². The highest BCUT2D eigenvalue weighted by Crippen LogP contribution is 2.26. The molecule has 0 amide bonds. The summed E-state index contributed by atoms with van der Waals surface area (Å²) in [6.45, 7) is 0. The third-order valence-electron chi connectivity index (χ3n) is 2.02. The average molecular weight is 267 g/mol. The van der Waals surface area contributed by atoms with Gasteiger partial charge in [-0.1, -0.05) is 11.6 Å². The van der Waals surface area contributed by atoms with Gasteiger partial charge in [-0.15, -0.1) is 0 Å². The quantitative estimate of drug-likeness (QED) is 0.617. The van der Waals surface area contributed by atoms with Crippen molar-refractivity contribution in [2.45, 2.75) is 0 Å². The number of nitrogens with two attached hydrogens (primary N) is 2. The average Bonchev–Trinajstić information content (AvgIpc) is 2.26. The zero-order valence-electron chi connectivity index (χ0n) is 8.87. The molecule has 92 valence electrons. The number of rotatable bonds is 2. The Kier molecular flexibility index (Phi) is 2.94. The van der Waals surface area contributed by atoms with Crippen molar-refractivity contribution in [1.29, 1.82) is 0 Å². The molecule has 2 aromatic rings. The van der Waals surface area contributed by atoms with Crippen LogP contribution in [0.3, 0.4) is 0 Å². The van der Waals surface area contributed by atoms with E-state index in [0.717, 1.165) is 0 Å². The van der Waals surface area contributed by atoms with E-state index in [1.165, 1.54) is 18.2 Å². The lowest BCUT2D eigenvalue weighted by Gasteiger charge is -2.03. The maximum atomic E-state index is 10.7.